The van der Waals surface area contributed by atoms with Gasteiger partial charge in [0.25, 0.3) is 6.43 Å². The van der Waals surface area contributed by atoms with E-state index in [0.29, 0.717) is 11.7 Å². The molecule has 1 saturated carbocycles. The number of nitrogens with zero attached hydrogens (tertiary/aromatic N) is 5. The van der Waals surface area contributed by atoms with Gasteiger partial charge in [-0.05, 0) is 24.4 Å². The minimum atomic E-state index is -2.60. The molecule has 2 aliphatic rings. The first kappa shape index (κ1) is 20.7. The Labute approximate surface area is 175 Å². The molecule has 0 radical (unpaired) electrons. The minimum Gasteiger partial charge on any atom is -0.467 e. The number of alkyl halides is 2. The Morgan fingerprint density at radius 2 is 2.20 bits per heavy atom. The molecule has 0 spiro atoms. The predicted octanol–water partition coefficient (Wildman–Crippen LogP) is 2.27. The summed E-state index contributed by atoms with van der Waals surface area (Å²) in [6, 6.07) is 1.08. The van der Waals surface area contributed by atoms with Crippen LogP contribution >= 0.6 is 11.6 Å². The summed E-state index contributed by atoms with van der Waals surface area (Å²) in [4.78, 5) is 26.2. The molecule has 30 heavy (non-hydrogen) atoms. The van der Waals surface area contributed by atoms with Crippen LogP contribution in [0.5, 0.6) is 0 Å². The van der Waals surface area contributed by atoms with E-state index in [4.69, 9.17) is 21.1 Å². The SMILES string of the molecule is COC(=O)[C@@H]1C[C@H](OCC(F)F)CN1c1nc(Cl)nc(Nc2cc(C3CC3)[nH]n2)n1. The second-order valence-corrected chi connectivity index (χ2v) is 7.45. The second-order valence-electron chi connectivity index (χ2n) is 7.11. The van der Waals surface area contributed by atoms with E-state index in [1.807, 2.05) is 6.07 Å². The summed E-state index contributed by atoms with van der Waals surface area (Å²) in [5, 5.41) is 10.0. The van der Waals surface area contributed by atoms with E-state index in [-0.39, 0.29) is 30.1 Å². The number of aromatic nitrogens is 5. The van der Waals surface area contributed by atoms with Crippen molar-refractivity contribution in [3.63, 3.8) is 0 Å². The van der Waals surface area contributed by atoms with E-state index in [0.717, 1.165) is 18.5 Å². The first-order chi connectivity index (χ1) is 14.4. The monoisotopic (exact) mass is 443 g/mol. The van der Waals surface area contributed by atoms with Gasteiger partial charge in [-0.1, -0.05) is 0 Å². The van der Waals surface area contributed by atoms with Gasteiger partial charge in [0, 0.05) is 30.6 Å². The first-order valence-electron chi connectivity index (χ1n) is 9.41. The summed E-state index contributed by atoms with van der Waals surface area (Å²) >= 11 is 6.06. The molecule has 162 valence electrons. The lowest BCUT2D eigenvalue weighted by molar-refractivity contribution is -0.142. The molecule has 2 fully saturated rings. The Morgan fingerprint density at radius 1 is 1.40 bits per heavy atom. The molecule has 1 saturated heterocycles. The Bertz CT molecular complexity index is 911. The number of esters is 1. The number of nitrogens with one attached hydrogen (secondary N) is 2. The summed E-state index contributed by atoms with van der Waals surface area (Å²) in [6.07, 6.45) is -0.797. The van der Waals surface area contributed by atoms with Crippen LogP contribution in [0, 0.1) is 0 Å². The lowest BCUT2D eigenvalue weighted by atomic mass is 10.2. The predicted molar refractivity (Wildman–Crippen MR) is 102 cm³/mol. The van der Waals surface area contributed by atoms with Gasteiger partial charge in [0.1, 0.15) is 12.6 Å². The number of ether oxygens (including phenoxy) is 2. The molecule has 2 atom stereocenters. The maximum atomic E-state index is 12.5. The summed E-state index contributed by atoms with van der Waals surface area (Å²) in [7, 11) is 1.25. The maximum Gasteiger partial charge on any atom is 0.328 e. The van der Waals surface area contributed by atoms with Gasteiger partial charge in [0.05, 0.1) is 13.2 Å². The van der Waals surface area contributed by atoms with Crippen molar-refractivity contribution in [3.8, 4) is 0 Å². The molecule has 10 nitrogen and oxygen atoms in total. The van der Waals surface area contributed by atoms with Crippen molar-refractivity contribution in [2.75, 3.05) is 30.5 Å². The Morgan fingerprint density at radius 3 is 2.90 bits per heavy atom. The van der Waals surface area contributed by atoms with Gasteiger partial charge in [-0.3, -0.25) is 5.10 Å². The van der Waals surface area contributed by atoms with Crippen LogP contribution in [0.1, 0.15) is 30.9 Å². The summed E-state index contributed by atoms with van der Waals surface area (Å²) in [6.45, 7) is -0.597. The Kier molecular flexibility index (Phi) is 5.95. The quantitative estimate of drug-likeness (QED) is 0.592. The van der Waals surface area contributed by atoms with E-state index < -0.39 is 31.1 Å². The van der Waals surface area contributed by atoms with Gasteiger partial charge < -0.3 is 19.7 Å². The van der Waals surface area contributed by atoms with Gasteiger partial charge in [0.15, 0.2) is 5.82 Å². The zero-order valence-corrected chi connectivity index (χ0v) is 16.8. The maximum absolute atomic E-state index is 12.5. The number of rotatable bonds is 8. The smallest absolute Gasteiger partial charge is 0.328 e. The van der Waals surface area contributed by atoms with Crippen LogP contribution in [0.3, 0.4) is 0 Å². The highest BCUT2D eigenvalue weighted by Gasteiger charge is 2.40. The number of hydrogen-bond acceptors (Lipinski definition) is 9. The fraction of sp³-hybridized carbons (Fsp3) is 0.588. The van der Waals surface area contributed by atoms with Crippen molar-refractivity contribution in [1.82, 2.24) is 25.1 Å². The molecule has 0 bridgehead atoms. The number of methoxy groups -OCH3 is 1. The van der Waals surface area contributed by atoms with Gasteiger partial charge >= 0.3 is 5.97 Å². The molecule has 2 aromatic heterocycles. The third-order valence-corrected chi connectivity index (χ3v) is 5.07. The molecule has 0 amide bonds. The van der Waals surface area contributed by atoms with E-state index in [1.54, 1.807) is 0 Å². The molecule has 2 N–H and O–H groups in total. The molecule has 0 unspecified atom stereocenters. The van der Waals surface area contributed by atoms with Crippen molar-refractivity contribution in [3.05, 3.63) is 17.0 Å². The zero-order valence-electron chi connectivity index (χ0n) is 16.0. The van der Waals surface area contributed by atoms with Crippen LogP contribution in [-0.2, 0) is 14.3 Å². The second kappa shape index (κ2) is 8.64. The molecule has 1 aliphatic carbocycles. The number of halogens is 3. The molecule has 4 rings (SSSR count). The molecular formula is C17H20ClF2N7O3. The Balaban J connectivity index is 1.53. The van der Waals surface area contributed by atoms with Gasteiger partial charge in [0.2, 0.25) is 17.2 Å². The first-order valence-corrected chi connectivity index (χ1v) is 9.79. The third-order valence-electron chi connectivity index (χ3n) is 4.90. The molecule has 0 aromatic carbocycles. The highest BCUT2D eigenvalue weighted by molar-refractivity contribution is 6.28. The minimum absolute atomic E-state index is 0.0963. The normalized spacial score (nSPS) is 21.3. The molecule has 13 heteroatoms. The van der Waals surface area contributed by atoms with Gasteiger partial charge in [-0.15, -0.1) is 0 Å². The fourth-order valence-electron chi connectivity index (χ4n) is 3.35. The van der Waals surface area contributed by atoms with E-state index >= 15 is 0 Å². The summed E-state index contributed by atoms with van der Waals surface area (Å²) in [5.41, 5.74) is 1.03. The lowest BCUT2D eigenvalue weighted by Gasteiger charge is -2.22. The number of hydrogen-bond donors (Lipinski definition) is 2. The summed E-state index contributed by atoms with van der Waals surface area (Å²) in [5.74, 6) is 0.717. The van der Waals surface area contributed by atoms with Crippen LogP contribution in [0.25, 0.3) is 0 Å². The van der Waals surface area contributed by atoms with Crippen molar-refractivity contribution < 1.29 is 23.0 Å². The Hall–Kier alpha value is -2.60. The van der Waals surface area contributed by atoms with Crippen LogP contribution in [0.15, 0.2) is 6.07 Å². The van der Waals surface area contributed by atoms with Crippen LogP contribution < -0.4 is 10.2 Å². The van der Waals surface area contributed by atoms with E-state index in [1.165, 1.54) is 12.0 Å². The van der Waals surface area contributed by atoms with Crippen molar-refractivity contribution in [2.24, 2.45) is 0 Å². The standard InChI is InChI=1S/C17H20ClF2N7O3/c1-29-14(28)11-4-9(30-7-12(19)20)6-27(11)17-23-15(18)22-16(24-17)21-13-5-10(25-26-13)8-2-3-8/h5,8-9,11-12H,2-4,6-7H2,1H3,(H2,21,22,23,24,25,26)/t9-,11-/m0/s1. The average Bonchev–Trinajstić information content (AvgIpc) is 3.30. The topological polar surface area (TPSA) is 118 Å². The van der Waals surface area contributed by atoms with Crippen LogP contribution in [0.4, 0.5) is 26.5 Å². The van der Waals surface area contributed by atoms with Gasteiger partial charge in [-0.2, -0.15) is 20.1 Å². The van der Waals surface area contributed by atoms with Crippen molar-refractivity contribution >= 4 is 35.3 Å². The molecule has 2 aromatic rings. The molecular weight excluding hydrogens is 424 g/mol. The fourth-order valence-corrected chi connectivity index (χ4v) is 3.51. The van der Waals surface area contributed by atoms with E-state index in [9.17, 15) is 13.6 Å². The highest BCUT2D eigenvalue weighted by atomic mass is 35.5. The van der Waals surface area contributed by atoms with E-state index in [2.05, 4.69) is 30.5 Å². The van der Waals surface area contributed by atoms with Crippen molar-refractivity contribution in [2.45, 2.75) is 43.8 Å². The number of H-pyrrole nitrogens is 1. The zero-order chi connectivity index (χ0) is 21.3. The van der Waals surface area contributed by atoms with Gasteiger partial charge in [-0.25, -0.2) is 13.6 Å². The van der Waals surface area contributed by atoms with Crippen molar-refractivity contribution in [1.29, 1.82) is 0 Å². The van der Waals surface area contributed by atoms with Crippen LogP contribution in [-0.4, -0.2) is 70.0 Å². The average molecular weight is 444 g/mol. The number of carbonyl (C=O) groups is 1. The summed E-state index contributed by atoms with van der Waals surface area (Å²) < 4.78 is 35.0. The third kappa shape index (κ3) is 4.75. The molecule has 3 heterocycles. The molecule has 1 aliphatic heterocycles. The number of anilines is 3. The number of aromatic amines is 1. The largest absolute Gasteiger partial charge is 0.467 e. The highest BCUT2D eigenvalue weighted by Crippen LogP contribution is 2.39. The lowest BCUT2D eigenvalue weighted by Crippen LogP contribution is -2.38. The van der Waals surface area contributed by atoms with Crippen LogP contribution in [0.2, 0.25) is 5.28 Å². The number of carbonyl (C=O) groups excluding carboxylic acids is 1.